The topological polar surface area (TPSA) is 0 Å². The monoisotopic (exact) mass is 444 g/mol. The average molecular weight is 445 g/mol. The first-order valence-corrected chi connectivity index (χ1v) is 8.96. The summed E-state index contributed by atoms with van der Waals surface area (Å²) in [4.78, 5) is 1.98. The van der Waals surface area contributed by atoms with Gasteiger partial charge in [0.15, 0.2) is 0 Å². The highest BCUT2D eigenvalue weighted by Gasteiger charge is 1.86. The quantitative estimate of drug-likeness (QED) is 0.372. The Labute approximate surface area is 167 Å². The molecule has 0 bridgehead atoms. The van der Waals surface area contributed by atoms with E-state index in [9.17, 15) is 11.7 Å². The Morgan fingerprint density at radius 2 is 0.556 bits per heavy atom. The molecule has 0 amide bonds. The lowest BCUT2D eigenvalue weighted by atomic mass is 10.4. The molecule has 0 radical (unpaired) electrons. The van der Waals surface area contributed by atoms with Crippen LogP contribution in [0.3, 0.4) is 0 Å². The summed E-state index contributed by atoms with van der Waals surface area (Å²) in [7, 11) is 0. The van der Waals surface area contributed by atoms with E-state index in [1.54, 1.807) is 36.4 Å². The highest BCUT2D eigenvalue weighted by atomic mass is 32.2. The zero-order valence-electron chi connectivity index (χ0n) is 13.7. The molecular formula is C18H18F6S3. The Kier molecular flexibility index (Phi) is 22.9. The lowest BCUT2D eigenvalue weighted by molar-refractivity contribution is 0.933. The van der Waals surface area contributed by atoms with Gasteiger partial charge in [-0.15, -0.1) is 0 Å². The number of halogens is 6. The molecule has 27 heavy (non-hydrogen) atoms. The second-order valence-electron chi connectivity index (χ2n) is 4.17. The molecule has 0 heterocycles. The van der Waals surface area contributed by atoms with Crippen molar-refractivity contribution in [2.75, 3.05) is 0 Å². The molecule has 0 aromatic heterocycles. The van der Waals surface area contributed by atoms with E-state index < -0.39 is 0 Å². The van der Waals surface area contributed by atoms with Crippen molar-refractivity contribution in [2.45, 2.75) is 14.7 Å². The first-order valence-electron chi connectivity index (χ1n) is 6.81. The summed E-state index contributed by atoms with van der Waals surface area (Å²) in [5.74, 6) is 0. The van der Waals surface area contributed by atoms with Crippen molar-refractivity contribution < 1.29 is 25.8 Å². The van der Waals surface area contributed by atoms with E-state index in [1.165, 1.54) is 0 Å². The molecule has 150 valence electrons. The van der Waals surface area contributed by atoms with Gasteiger partial charge in [-0.3, -0.25) is 14.1 Å². The summed E-state index contributed by atoms with van der Waals surface area (Å²) >= 11 is 0.806. The lowest BCUT2D eigenvalue weighted by Gasteiger charge is -1.85. The van der Waals surface area contributed by atoms with Crippen molar-refractivity contribution >= 4 is 36.4 Å². The molecule has 0 unspecified atom stereocenters. The van der Waals surface area contributed by atoms with Crippen molar-refractivity contribution in [3.8, 4) is 0 Å². The Hall–Kier alpha value is -1.71. The maximum Gasteiger partial charge on any atom is 0.0812 e. The second kappa shape index (κ2) is 20.6. The molecule has 3 aromatic carbocycles. The maximum atomic E-state index is 11.6. The summed E-state index contributed by atoms with van der Waals surface area (Å²) in [6, 6.07) is 26.8. The Morgan fingerprint density at radius 3 is 0.667 bits per heavy atom. The molecule has 0 nitrogen and oxygen atoms in total. The molecular weight excluding hydrogens is 426 g/mol. The third-order valence-corrected chi connectivity index (χ3v) is 3.85. The molecule has 0 saturated carbocycles. The van der Waals surface area contributed by atoms with E-state index in [-0.39, 0.29) is 50.6 Å². The zero-order chi connectivity index (χ0) is 17.5. The highest BCUT2D eigenvalue weighted by Crippen LogP contribution is 2.17. The Balaban J connectivity index is -0.000000303. The Morgan fingerprint density at radius 1 is 0.370 bits per heavy atom. The van der Waals surface area contributed by atoms with Gasteiger partial charge in [0.1, 0.15) is 0 Å². The van der Waals surface area contributed by atoms with Crippen molar-refractivity contribution in [2.24, 2.45) is 0 Å². The van der Waals surface area contributed by atoms with Gasteiger partial charge in [-0.2, -0.15) is 11.7 Å². The van der Waals surface area contributed by atoms with Crippen molar-refractivity contribution in [1.82, 2.24) is 0 Å². The third-order valence-electron chi connectivity index (χ3n) is 2.50. The summed E-state index contributed by atoms with van der Waals surface area (Å²) in [5, 5.41) is 0. The molecule has 0 N–H and O–H groups in total. The summed E-state index contributed by atoms with van der Waals surface area (Å²) in [6.07, 6.45) is 0. The molecule has 0 atom stereocenters. The highest BCUT2D eigenvalue weighted by molar-refractivity contribution is 7.94. The van der Waals surface area contributed by atoms with Gasteiger partial charge in [-0.25, -0.2) is 0 Å². The standard InChI is InChI=1S/3C6H5FS.3FH/c3*7-8-6-4-2-1-3-5-6;;;/h3*1-5H;3*1H. The molecule has 0 fully saturated rings. The van der Waals surface area contributed by atoms with Gasteiger partial charge in [-0.05, 0) is 36.4 Å². The molecule has 0 aliphatic heterocycles. The minimum absolute atomic E-state index is 0. The van der Waals surface area contributed by atoms with E-state index in [1.807, 2.05) is 54.6 Å². The molecule has 9 heteroatoms. The van der Waals surface area contributed by atoms with Crippen LogP contribution in [-0.2, 0) is 0 Å². The van der Waals surface area contributed by atoms with Crippen LogP contribution in [-0.4, -0.2) is 0 Å². The molecule has 3 aromatic rings. The van der Waals surface area contributed by atoms with Gasteiger partial charge in [-0.1, -0.05) is 54.6 Å². The van der Waals surface area contributed by atoms with E-state index in [0.717, 1.165) is 0 Å². The van der Waals surface area contributed by atoms with Gasteiger partial charge in [0.2, 0.25) is 0 Å². The van der Waals surface area contributed by atoms with Crippen LogP contribution in [0.4, 0.5) is 25.8 Å². The minimum atomic E-state index is 0. The number of benzene rings is 3. The van der Waals surface area contributed by atoms with Gasteiger partial charge in [0, 0.05) is 14.7 Å². The molecule has 0 aliphatic carbocycles. The predicted molar refractivity (Wildman–Crippen MR) is 108 cm³/mol. The summed E-state index contributed by atoms with van der Waals surface area (Å²) in [6.45, 7) is 0. The summed E-state index contributed by atoms with van der Waals surface area (Å²) in [5.41, 5.74) is 0. The van der Waals surface area contributed by atoms with E-state index in [4.69, 9.17) is 0 Å². The van der Waals surface area contributed by atoms with E-state index in [2.05, 4.69) is 0 Å². The van der Waals surface area contributed by atoms with Crippen molar-refractivity contribution in [1.29, 1.82) is 0 Å². The number of rotatable bonds is 3. The third kappa shape index (κ3) is 15.1. The smallest absolute Gasteiger partial charge is 0.0812 e. The van der Waals surface area contributed by atoms with Crippen LogP contribution in [0, 0.1) is 0 Å². The largest absolute Gasteiger partial charge is 0.269 e. The fraction of sp³-hybridized carbons (Fsp3) is 0. The fourth-order valence-electron chi connectivity index (χ4n) is 1.42. The van der Waals surface area contributed by atoms with Gasteiger partial charge in [0.25, 0.3) is 0 Å². The van der Waals surface area contributed by atoms with Crippen LogP contribution in [0.5, 0.6) is 0 Å². The van der Waals surface area contributed by atoms with Crippen LogP contribution in [0.25, 0.3) is 0 Å². The maximum absolute atomic E-state index is 11.6. The Bertz CT molecular complexity index is 551. The van der Waals surface area contributed by atoms with Crippen LogP contribution < -0.4 is 0 Å². The van der Waals surface area contributed by atoms with Crippen molar-refractivity contribution in [3.63, 3.8) is 0 Å². The normalized spacial score (nSPS) is 8.11. The first-order chi connectivity index (χ1) is 11.8. The van der Waals surface area contributed by atoms with Gasteiger partial charge < -0.3 is 0 Å². The molecule has 3 rings (SSSR count). The zero-order valence-corrected chi connectivity index (χ0v) is 16.2. The number of hydrogen-bond acceptors (Lipinski definition) is 3. The van der Waals surface area contributed by atoms with Crippen molar-refractivity contribution in [3.05, 3.63) is 91.0 Å². The minimum Gasteiger partial charge on any atom is -0.269 e. The second-order valence-corrected chi connectivity index (χ2v) is 6.05. The van der Waals surface area contributed by atoms with E-state index in [0.29, 0.717) is 14.7 Å². The van der Waals surface area contributed by atoms with Crippen LogP contribution >= 0.6 is 36.4 Å². The first kappa shape index (κ1) is 30.0. The summed E-state index contributed by atoms with van der Waals surface area (Å²) < 4.78 is 34.9. The van der Waals surface area contributed by atoms with Gasteiger partial charge in [0.05, 0.1) is 36.4 Å². The molecule has 0 saturated heterocycles. The fourth-order valence-corrected chi connectivity index (χ4v) is 2.20. The van der Waals surface area contributed by atoms with Crippen LogP contribution in [0.15, 0.2) is 106 Å². The molecule has 0 spiro atoms. The van der Waals surface area contributed by atoms with E-state index >= 15 is 0 Å². The number of hydrogen-bond donors (Lipinski definition) is 0. The average Bonchev–Trinajstić information content (AvgIpc) is 2.71. The van der Waals surface area contributed by atoms with Gasteiger partial charge >= 0.3 is 0 Å². The molecule has 0 aliphatic rings. The predicted octanol–water partition coefficient (Wildman–Crippen LogP) is 8.45. The SMILES string of the molecule is F.F.F.FSc1ccccc1.FSc1ccccc1.FSc1ccccc1. The van der Waals surface area contributed by atoms with Crippen LogP contribution in [0.1, 0.15) is 0 Å². The van der Waals surface area contributed by atoms with Crippen LogP contribution in [0.2, 0.25) is 0 Å². The lowest BCUT2D eigenvalue weighted by Crippen LogP contribution is -1.60.